The van der Waals surface area contributed by atoms with E-state index in [1.54, 1.807) is 0 Å². The van der Waals surface area contributed by atoms with Crippen molar-refractivity contribution in [3.63, 3.8) is 0 Å². The molecule has 0 bridgehead atoms. The molecule has 0 aromatic carbocycles. The van der Waals surface area contributed by atoms with Gasteiger partial charge in [-0.05, 0) is 19.3 Å². The number of amides is 1. The summed E-state index contributed by atoms with van der Waals surface area (Å²) in [6.45, 7) is 2.78. The van der Waals surface area contributed by atoms with E-state index in [9.17, 15) is 13.2 Å². The number of nitrogens with one attached hydrogen (secondary N) is 1. The molecule has 1 amide bonds. The van der Waals surface area contributed by atoms with E-state index >= 15 is 0 Å². The molecule has 0 unspecified atom stereocenters. The highest BCUT2D eigenvalue weighted by molar-refractivity contribution is 7.88. The van der Waals surface area contributed by atoms with Gasteiger partial charge in [0.1, 0.15) is 0 Å². The molecule has 0 spiro atoms. The Labute approximate surface area is 103 Å². The molecule has 0 aliphatic carbocycles. The molecule has 0 aromatic heterocycles. The average molecular weight is 263 g/mol. The van der Waals surface area contributed by atoms with E-state index in [1.165, 1.54) is 10.6 Å². The second kappa shape index (κ2) is 5.79. The zero-order chi connectivity index (χ0) is 13.1. The van der Waals surface area contributed by atoms with E-state index in [-0.39, 0.29) is 11.9 Å². The minimum absolute atomic E-state index is 0.0399. The first kappa shape index (κ1) is 14.4. The van der Waals surface area contributed by atoms with Crippen molar-refractivity contribution in [3.05, 3.63) is 0 Å². The Morgan fingerprint density at radius 2 is 2.00 bits per heavy atom. The van der Waals surface area contributed by atoms with Gasteiger partial charge in [0, 0.05) is 19.1 Å². The first-order valence-corrected chi connectivity index (χ1v) is 7.70. The molecule has 3 N–H and O–H groups in total. The lowest BCUT2D eigenvalue weighted by Crippen LogP contribution is -2.50. The maximum absolute atomic E-state index is 11.6. The van der Waals surface area contributed by atoms with E-state index in [4.69, 9.17) is 5.73 Å². The normalized spacial score (nSPS) is 21.1. The van der Waals surface area contributed by atoms with Gasteiger partial charge in [-0.25, -0.2) is 12.7 Å². The first-order chi connectivity index (χ1) is 7.84. The summed E-state index contributed by atoms with van der Waals surface area (Å²) in [5.41, 5.74) is 5.61. The Kier molecular flexibility index (Phi) is 4.91. The summed E-state index contributed by atoms with van der Waals surface area (Å²) in [6.07, 6.45) is 3.11. The highest BCUT2D eigenvalue weighted by Gasteiger charge is 2.26. The number of carbonyl (C=O) groups excluding carboxylic acids is 1. The lowest BCUT2D eigenvalue weighted by atomic mass is 10.1. The fourth-order valence-corrected chi connectivity index (χ4v) is 2.70. The number of sulfonamides is 1. The van der Waals surface area contributed by atoms with Gasteiger partial charge in [0.05, 0.1) is 12.3 Å². The van der Waals surface area contributed by atoms with Crippen LogP contribution in [0.2, 0.25) is 0 Å². The summed E-state index contributed by atoms with van der Waals surface area (Å²) in [4.78, 5) is 11.6. The molecule has 1 fully saturated rings. The Hall–Kier alpha value is -0.660. The van der Waals surface area contributed by atoms with Gasteiger partial charge in [-0.15, -0.1) is 0 Å². The molecule has 0 saturated carbocycles. The van der Waals surface area contributed by atoms with Gasteiger partial charge in [-0.2, -0.15) is 0 Å². The summed E-state index contributed by atoms with van der Waals surface area (Å²) in [5, 5.41) is 2.86. The smallest absolute Gasteiger partial charge is 0.237 e. The van der Waals surface area contributed by atoms with E-state index in [2.05, 4.69) is 5.32 Å². The predicted molar refractivity (Wildman–Crippen MR) is 65.8 cm³/mol. The average Bonchev–Trinajstić information content (AvgIpc) is 2.27. The molecule has 1 aliphatic heterocycles. The standard InChI is InChI=1S/C10H21N3O3S/c1-3-9(11)10(14)12-8-4-6-13(7-5-8)17(2,15)16/h8-9H,3-7,11H2,1-2H3,(H,12,14)/t9-/m0/s1. The van der Waals surface area contributed by atoms with E-state index in [1.807, 2.05) is 6.92 Å². The van der Waals surface area contributed by atoms with Gasteiger partial charge in [-0.1, -0.05) is 6.92 Å². The topological polar surface area (TPSA) is 92.5 Å². The molecule has 0 radical (unpaired) electrons. The highest BCUT2D eigenvalue weighted by atomic mass is 32.2. The van der Waals surface area contributed by atoms with Crippen molar-refractivity contribution in [2.24, 2.45) is 5.73 Å². The van der Waals surface area contributed by atoms with Crippen LogP contribution in [0.5, 0.6) is 0 Å². The van der Waals surface area contributed by atoms with Crippen molar-refractivity contribution >= 4 is 15.9 Å². The predicted octanol–water partition coefficient (Wildman–Crippen LogP) is -0.736. The quantitative estimate of drug-likeness (QED) is 0.699. The molecule has 6 nitrogen and oxygen atoms in total. The lowest BCUT2D eigenvalue weighted by Gasteiger charge is -2.31. The number of carbonyl (C=O) groups is 1. The van der Waals surface area contributed by atoms with Crippen molar-refractivity contribution in [2.45, 2.75) is 38.3 Å². The fourth-order valence-electron chi connectivity index (χ4n) is 1.83. The number of nitrogens with zero attached hydrogens (tertiary/aromatic N) is 1. The third kappa shape index (κ3) is 4.25. The van der Waals surface area contributed by atoms with Gasteiger partial charge in [0.2, 0.25) is 15.9 Å². The van der Waals surface area contributed by atoms with Crippen molar-refractivity contribution in [1.82, 2.24) is 9.62 Å². The molecule has 100 valence electrons. The monoisotopic (exact) mass is 263 g/mol. The Bertz CT molecular complexity index is 361. The second-order valence-electron chi connectivity index (χ2n) is 4.46. The molecule has 7 heteroatoms. The van der Waals surface area contributed by atoms with Crippen LogP contribution < -0.4 is 11.1 Å². The van der Waals surface area contributed by atoms with Crippen molar-refractivity contribution in [1.29, 1.82) is 0 Å². The summed E-state index contributed by atoms with van der Waals surface area (Å²) < 4.78 is 24.0. The summed E-state index contributed by atoms with van der Waals surface area (Å²) >= 11 is 0. The molecule has 1 heterocycles. The van der Waals surface area contributed by atoms with Gasteiger partial charge in [0.25, 0.3) is 0 Å². The number of nitrogens with two attached hydrogens (primary N) is 1. The van der Waals surface area contributed by atoms with Gasteiger partial charge in [-0.3, -0.25) is 4.79 Å². The van der Waals surface area contributed by atoms with Gasteiger partial charge >= 0.3 is 0 Å². The number of piperidine rings is 1. The molecule has 0 aromatic rings. The Morgan fingerprint density at radius 1 is 1.47 bits per heavy atom. The summed E-state index contributed by atoms with van der Waals surface area (Å²) in [5.74, 6) is -0.148. The van der Waals surface area contributed by atoms with Crippen LogP contribution in [0.25, 0.3) is 0 Å². The highest BCUT2D eigenvalue weighted by Crippen LogP contribution is 2.13. The molecule has 1 saturated heterocycles. The van der Waals surface area contributed by atoms with Crippen LogP contribution >= 0.6 is 0 Å². The van der Waals surface area contributed by atoms with Crippen LogP contribution in [0.1, 0.15) is 26.2 Å². The third-order valence-corrected chi connectivity index (χ3v) is 4.35. The molecule has 1 atom stereocenters. The minimum atomic E-state index is -3.10. The second-order valence-corrected chi connectivity index (χ2v) is 6.44. The number of hydrogen-bond acceptors (Lipinski definition) is 4. The summed E-state index contributed by atoms with van der Waals surface area (Å²) in [6, 6.07) is -0.430. The molecule has 17 heavy (non-hydrogen) atoms. The maximum Gasteiger partial charge on any atom is 0.237 e. The van der Waals surface area contributed by atoms with Crippen molar-refractivity contribution in [3.8, 4) is 0 Å². The van der Waals surface area contributed by atoms with Gasteiger partial charge < -0.3 is 11.1 Å². The van der Waals surface area contributed by atoms with Crippen molar-refractivity contribution < 1.29 is 13.2 Å². The maximum atomic E-state index is 11.6. The fraction of sp³-hybridized carbons (Fsp3) is 0.900. The molecule has 1 aliphatic rings. The van der Waals surface area contributed by atoms with Crippen LogP contribution in [-0.4, -0.2) is 50.1 Å². The molecular formula is C10H21N3O3S. The van der Waals surface area contributed by atoms with E-state index in [0.29, 0.717) is 32.4 Å². The lowest BCUT2D eigenvalue weighted by molar-refractivity contribution is -0.123. The van der Waals surface area contributed by atoms with E-state index < -0.39 is 16.1 Å². The zero-order valence-corrected chi connectivity index (χ0v) is 11.2. The number of hydrogen-bond donors (Lipinski definition) is 2. The summed E-state index contributed by atoms with van der Waals surface area (Å²) in [7, 11) is -3.10. The first-order valence-electron chi connectivity index (χ1n) is 5.85. The Morgan fingerprint density at radius 3 is 2.41 bits per heavy atom. The minimum Gasteiger partial charge on any atom is -0.352 e. The van der Waals surface area contributed by atoms with Crippen LogP contribution in [0.3, 0.4) is 0 Å². The van der Waals surface area contributed by atoms with Gasteiger partial charge in [0.15, 0.2) is 0 Å². The molecule has 1 rings (SSSR count). The largest absolute Gasteiger partial charge is 0.352 e. The SMILES string of the molecule is CC[C@H](N)C(=O)NC1CCN(S(C)(=O)=O)CC1. The zero-order valence-electron chi connectivity index (χ0n) is 10.3. The van der Waals surface area contributed by atoms with E-state index in [0.717, 1.165) is 0 Å². The van der Waals surface area contributed by atoms with Crippen LogP contribution in [-0.2, 0) is 14.8 Å². The van der Waals surface area contributed by atoms with Crippen molar-refractivity contribution in [2.75, 3.05) is 19.3 Å². The van der Waals surface area contributed by atoms with Crippen LogP contribution in [0, 0.1) is 0 Å². The number of rotatable bonds is 4. The van der Waals surface area contributed by atoms with Crippen LogP contribution in [0.4, 0.5) is 0 Å². The van der Waals surface area contributed by atoms with Crippen LogP contribution in [0.15, 0.2) is 0 Å². The third-order valence-electron chi connectivity index (χ3n) is 3.05. The Balaban J connectivity index is 2.40. The molecular weight excluding hydrogens is 242 g/mol.